The fourth-order valence-electron chi connectivity index (χ4n) is 3.10. The smallest absolute Gasteiger partial charge is 0.308 e. The molecule has 0 radical (unpaired) electrons. The Kier molecular flexibility index (Phi) is 11.2. The van der Waals surface area contributed by atoms with Crippen LogP contribution in [0.5, 0.6) is 0 Å². The van der Waals surface area contributed by atoms with E-state index in [1.165, 1.54) is 13.2 Å². The van der Waals surface area contributed by atoms with Gasteiger partial charge in [-0.25, -0.2) is 4.39 Å². The van der Waals surface area contributed by atoms with E-state index in [2.05, 4.69) is 31.1 Å². The van der Waals surface area contributed by atoms with Gasteiger partial charge in [-0.3, -0.25) is 9.79 Å². The topological polar surface area (TPSA) is 53.9 Å². The van der Waals surface area contributed by atoms with Gasteiger partial charge in [0.15, 0.2) is 5.96 Å². The zero-order valence-electron chi connectivity index (χ0n) is 15.8. The number of nitrogens with zero attached hydrogens (tertiary/aromatic N) is 2. The number of esters is 1. The molecule has 1 heterocycles. The second-order valence-electron chi connectivity index (χ2n) is 6.36. The average molecular weight is 556 g/mol. The van der Waals surface area contributed by atoms with Crippen LogP contribution in [0.15, 0.2) is 27.7 Å². The summed E-state index contributed by atoms with van der Waals surface area (Å²) in [5, 5.41) is 3.31. The molecule has 1 aliphatic heterocycles. The lowest BCUT2D eigenvalue weighted by Crippen LogP contribution is -2.46. The Morgan fingerprint density at radius 1 is 1.41 bits per heavy atom. The third-order valence-electron chi connectivity index (χ3n) is 4.54. The normalized spacial score (nSPS) is 15.3. The SMILES string of the molecule is CCNC(=NCCCc1ccc(Br)cc1F)N1CCC(C(=O)OC)CC1.I. The van der Waals surface area contributed by atoms with Crippen molar-refractivity contribution in [3.8, 4) is 0 Å². The molecule has 0 saturated carbocycles. The van der Waals surface area contributed by atoms with E-state index in [0.717, 1.165) is 49.3 Å². The van der Waals surface area contributed by atoms with Gasteiger partial charge in [-0.15, -0.1) is 24.0 Å². The summed E-state index contributed by atoms with van der Waals surface area (Å²) in [7, 11) is 1.44. The molecule has 1 saturated heterocycles. The summed E-state index contributed by atoms with van der Waals surface area (Å²) in [4.78, 5) is 18.5. The third-order valence-corrected chi connectivity index (χ3v) is 5.04. The van der Waals surface area contributed by atoms with Crippen molar-refractivity contribution < 1.29 is 13.9 Å². The predicted octanol–water partition coefficient (Wildman–Crippen LogP) is 3.99. The van der Waals surface area contributed by atoms with Gasteiger partial charge in [0.25, 0.3) is 0 Å². The predicted molar refractivity (Wildman–Crippen MR) is 120 cm³/mol. The molecular weight excluding hydrogens is 528 g/mol. The van der Waals surface area contributed by atoms with Gasteiger partial charge in [-0.05, 0) is 50.3 Å². The van der Waals surface area contributed by atoms with Crippen molar-refractivity contribution >= 4 is 51.8 Å². The van der Waals surface area contributed by atoms with Crippen LogP contribution < -0.4 is 5.32 Å². The van der Waals surface area contributed by atoms with Crippen molar-refractivity contribution in [2.75, 3.05) is 33.3 Å². The summed E-state index contributed by atoms with van der Waals surface area (Å²) < 4.78 is 19.4. The van der Waals surface area contributed by atoms with E-state index < -0.39 is 0 Å². The molecule has 0 unspecified atom stereocenters. The number of rotatable bonds is 6. The molecule has 0 spiro atoms. The van der Waals surface area contributed by atoms with Crippen LogP contribution in [0.25, 0.3) is 0 Å². The van der Waals surface area contributed by atoms with Crippen LogP contribution in [0, 0.1) is 11.7 Å². The van der Waals surface area contributed by atoms with Crippen molar-refractivity contribution in [2.45, 2.75) is 32.6 Å². The van der Waals surface area contributed by atoms with Gasteiger partial charge in [0.05, 0.1) is 13.0 Å². The number of benzene rings is 1. The number of hydrogen-bond donors (Lipinski definition) is 1. The van der Waals surface area contributed by atoms with Gasteiger partial charge < -0.3 is 15.0 Å². The summed E-state index contributed by atoms with van der Waals surface area (Å²) in [6.45, 7) is 5.03. The van der Waals surface area contributed by atoms with Crippen molar-refractivity contribution in [2.24, 2.45) is 10.9 Å². The lowest BCUT2D eigenvalue weighted by Gasteiger charge is -2.33. The second-order valence-corrected chi connectivity index (χ2v) is 7.28. The van der Waals surface area contributed by atoms with E-state index in [-0.39, 0.29) is 41.7 Å². The van der Waals surface area contributed by atoms with E-state index in [1.807, 2.05) is 19.1 Å². The molecule has 152 valence electrons. The number of guanidine groups is 1. The van der Waals surface area contributed by atoms with Gasteiger partial charge in [0.1, 0.15) is 5.82 Å². The van der Waals surface area contributed by atoms with E-state index in [4.69, 9.17) is 4.74 Å². The monoisotopic (exact) mass is 555 g/mol. The number of hydrogen-bond acceptors (Lipinski definition) is 3. The zero-order chi connectivity index (χ0) is 18.9. The van der Waals surface area contributed by atoms with Crippen molar-refractivity contribution in [3.63, 3.8) is 0 Å². The molecule has 1 aromatic rings. The number of aliphatic imine (C=N–C) groups is 1. The summed E-state index contributed by atoms with van der Waals surface area (Å²) in [5.74, 6) is 0.551. The Balaban J connectivity index is 0.00000364. The minimum absolute atomic E-state index is 0. The van der Waals surface area contributed by atoms with Gasteiger partial charge in [0, 0.05) is 30.7 Å². The standard InChI is InChI=1S/C19H27BrFN3O2.HI/c1-3-22-19(24-11-8-15(9-12-24)18(25)26-2)23-10-4-5-14-6-7-16(20)13-17(14)21;/h6-7,13,15H,3-5,8-12H2,1-2H3,(H,22,23);1H. The minimum atomic E-state index is -0.180. The number of carbonyl (C=O) groups is 1. The van der Waals surface area contributed by atoms with Gasteiger partial charge >= 0.3 is 5.97 Å². The first-order chi connectivity index (χ1) is 12.5. The number of ether oxygens (including phenoxy) is 1. The Bertz CT molecular complexity index is 637. The Labute approximate surface area is 186 Å². The highest BCUT2D eigenvalue weighted by atomic mass is 127. The van der Waals surface area contributed by atoms with Crippen molar-refractivity contribution in [3.05, 3.63) is 34.1 Å². The molecule has 0 aromatic heterocycles. The van der Waals surface area contributed by atoms with Crippen LogP contribution in [0.1, 0.15) is 31.7 Å². The van der Waals surface area contributed by atoms with Gasteiger partial charge in [0.2, 0.25) is 0 Å². The molecular formula is C19H28BrFIN3O2. The highest BCUT2D eigenvalue weighted by Crippen LogP contribution is 2.19. The maximum atomic E-state index is 13.9. The Hall–Kier alpha value is -0.900. The quantitative estimate of drug-likeness (QED) is 0.190. The van der Waals surface area contributed by atoms with Crippen molar-refractivity contribution in [1.82, 2.24) is 10.2 Å². The third kappa shape index (κ3) is 7.56. The van der Waals surface area contributed by atoms with E-state index >= 15 is 0 Å². The van der Waals surface area contributed by atoms with Crippen LogP contribution >= 0.6 is 39.9 Å². The van der Waals surface area contributed by atoms with Crippen LogP contribution in [-0.4, -0.2) is 50.1 Å². The molecule has 5 nitrogen and oxygen atoms in total. The molecule has 0 amide bonds. The van der Waals surface area contributed by atoms with E-state index in [1.54, 1.807) is 0 Å². The number of likely N-dealkylation sites (tertiary alicyclic amines) is 1. The van der Waals surface area contributed by atoms with Crippen LogP contribution in [0.2, 0.25) is 0 Å². The molecule has 0 atom stereocenters. The Morgan fingerprint density at radius 2 is 2.11 bits per heavy atom. The lowest BCUT2D eigenvalue weighted by atomic mass is 9.97. The molecule has 1 N–H and O–H groups in total. The molecule has 0 aliphatic carbocycles. The van der Waals surface area contributed by atoms with E-state index in [9.17, 15) is 9.18 Å². The molecule has 1 fully saturated rings. The van der Waals surface area contributed by atoms with Crippen molar-refractivity contribution in [1.29, 1.82) is 0 Å². The maximum Gasteiger partial charge on any atom is 0.308 e. The number of halogens is 3. The summed E-state index contributed by atoms with van der Waals surface area (Å²) in [6.07, 6.45) is 3.00. The first kappa shape index (κ1) is 24.1. The molecule has 0 bridgehead atoms. The molecule has 2 rings (SSSR count). The highest BCUT2D eigenvalue weighted by molar-refractivity contribution is 14.0. The molecule has 27 heavy (non-hydrogen) atoms. The summed E-state index contributed by atoms with van der Waals surface area (Å²) in [5.41, 5.74) is 0.715. The molecule has 8 heteroatoms. The zero-order valence-corrected chi connectivity index (χ0v) is 19.8. The fraction of sp³-hybridized carbons (Fsp3) is 0.579. The first-order valence-electron chi connectivity index (χ1n) is 9.10. The maximum absolute atomic E-state index is 13.9. The number of carbonyl (C=O) groups excluding carboxylic acids is 1. The van der Waals surface area contributed by atoms with Gasteiger partial charge in [-0.2, -0.15) is 0 Å². The second kappa shape index (κ2) is 12.5. The highest BCUT2D eigenvalue weighted by Gasteiger charge is 2.26. The van der Waals surface area contributed by atoms with Crippen LogP contribution in [0.3, 0.4) is 0 Å². The van der Waals surface area contributed by atoms with E-state index in [0.29, 0.717) is 18.5 Å². The number of nitrogens with one attached hydrogen (secondary N) is 1. The average Bonchev–Trinajstić information content (AvgIpc) is 2.65. The van der Waals surface area contributed by atoms with Gasteiger partial charge in [-0.1, -0.05) is 22.0 Å². The van der Waals surface area contributed by atoms with Crippen LogP contribution in [-0.2, 0) is 16.0 Å². The lowest BCUT2D eigenvalue weighted by molar-refractivity contribution is -0.146. The minimum Gasteiger partial charge on any atom is -0.469 e. The largest absolute Gasteiger partial charge is 0.469 e. The molecule has 1 aromatic carbocycles. The fourth-order valence-corrected chi connectivity index (χ4v) is 3.43. The molecule has 1 aliphatic rings. The number of aryl methyl sites for hydroxylation is 1. The first-order valence-corrected chi connectivity index (χ1v) is 9.89. The number of methoxy groups -OCH3 is 1. The Morgan fingerprint density at radius 3 is 2.70 bits per heavy atom. The summed E-state index contributed by atoms with van der Waals surface area (Å²) in [6, 6.07) is 5.16. The van der Waals surface area contributed by atoms with Crippen LogP contribution in [0.4, 0.5) is 4.39 Å². The number of piperidine rings is 1. The summed E-state index contributed by atoms with van der Waals surface area (Å²) >= 11 is 3.27.